The molecular weight excluding hydrogens is 297 g/mol. The molecule has 0 bridgehead atoms. The maximum absolute atomic E-state index is 12.6. The normalized spacial score (nSPS) is 11.6. The van der Waals surface area contributed by atoms with Gasteiger partial charge in [0.05, 0.1) is 5.56 Å². The van der Waals surface area contributed by atoms with Gasteiger partial charge in [0, 0.05) is 11.3 Å². The van der Waals surface area contributed by atoms with Crippen LogP contribution in [0.1, 0.15) is 15.9 Å². The fraction of sp³-hybridized carbons (Fsp3) is 0.0667. The van der Waals surface area contributed by atoms with Crippen LogP contribution in [0.25, 0.3) is 11.1 Å². The molecule has 0 saturated heterocycles. The fourth-order valence-corrected chi connectivity index (χ4v) is 1.97. The van der Waals surface area contributed by atoms with Gasteiger partial charge in [0.15, 0.2) is 12.0 Å². The molecule has 0 spiro atoms. The van der Waals surface area contributed by atoms with Crippen molar-refractivity contribution in [2.24, 2.45) is 0 Å². The summed E-state index contributed by atoms with van der Waals surface area (Å²) in [5, 5.41) is 2.43. The number of hydrogen-bond acceptors (Lipinski definition) is 3. The number of carbonyl (C=O) groups is 1. The molecule has 4 nitrogen and oxygen atoms in total. The van der Waals surface area contributed by atoms with Gasteiger partial charge in [-0.15, -0.1) is 0 Å². The van der Waals surface area contributed by atoms with Gasteiger partial charge in [-0.25, -0.2) is 4.98 Å². The first kappa shape index (κ1) is 14.1. The molecular formula is C15H9F3N2O2. The van der Waals surface area contributed by atoms with E-state index in [1.165, 1.54) is 30.7 Å². The third kappa shape index (κ3) is 2.78. The largest absolute Gasteiger partial charge is 0.443 e. The monoisotopic (exact) mass is 306 g/mol. The summed E-state index contributed by atoms with van der Waals surface area (Å²) >= 11 is 0. The van der Waals surface area contributed by atoms with E-state index < -0.39 is 17.6 Å². The summed E-state index contributed by atoms with van der Waals surface area (Å²) in [4.78, 5) is 16.0. The first-order valence-electron chi connectivity index (χ1n) is 6.25. The summed E-state index contributed by atoms with van der Waals surface area (Å²) in [6.07, 6.45) is -3.21. The minimum Gasteiger partial charge on any atom is -0.443 e. The molecule has 0 saturated carbocycles. The highest BCUT2D eigenvalue weighted by Crippen LogP contribution is 2.30. The van der Waals surface area contributed by atoms with Crippen molar-refractivity contribution in [2.45, 2.75) is 6.18 Å². The van der Waals surface area contributed by atoms with Crippen molar-refractivity contribution in [3.8, 4) is 0 Å². The quantitative estimate of drug-likeness (QED) is 0.775. The van der Waals surface area contributed by atoms with Crippen molar-refractivity contribution < 1.29 is 22.4 Å². The molecule has 0 atom stereocenters. The van der Waals surface area contributed by atoms with Crippen LogP contribution in [0.15, 0.2) is 53.3 Å². The van der Waals surface area contributed by atoms with Crippen LogP contribution < -0.4 is 5.32 Å². The van der Waals surface area contributed by atoms with Crippen LogP contribution in [0.4, 0.5) is 18.9 Å². The van der Waals surface area contributed by atoms with Crippen molar-refractivity contribution in [1.29, 1.82) is 0 Å². The molecule has 0 unspecified atom stereocenters. The molecule has 1 N–H and O–H groups in total. The molecule has 1 aromatic heterocycles. The molecule has 3 aromatic rings. The lowest BCUT2D eigenvalue weighted by Crippen LogP contribution is -2.13. The molecule has 1 heterocycles. The lowest BCUT2D eigenvalue weighted by atomic mass is 10.1. The standard InChI is InChI=1S/C15H9F3N2O2/c16-15(17,18)10-2-1-3-11(7-10)20-14(21)9-4-5-12-13(6-9)22-8-19-12/h1-8H,(H,20,21). The Bertz CT molecular complexity index is 840. The van der Waals surface area contributed by atoms with Gasteiger partial charge in [-0.05, 0) is 36.4 Å². The highest BCUT2D eigenvalue weighted by molar-refractivity contribution is 6.05. The van der Waals surface area contributed by atoms with E-state index in [1.807, 2.05) is 0 Å². The third-order valence-corrected chi connectivity index (χ3v) is 3.04. The minimum atomic E-state index is -4.46. The summed E-state index contributed by atoms with van der Waals surface area (Å²) in [5.74, 6) is -0.530. The van der Waals surface area contributed by atoms with E-state index in [-0.39, 0.29) is 11.3 Å². The van der Waals surface area contributed by atoms with Gasteiger partial charge < -0.3 is 9.73 Å². The summed E-state index contributed by atoms with van der Waals surface area (Å²) < 4.78 is 43.0. The van der Waals surface area contributed by atoms with Gasteiger partial charge in [0.25, 0.3) is 5.91 Å². The van der Waals surface area contributed by atoms with E-state index in [4.69, 9.17) is 4.42 Å². The molecule has 7 heteroatoms. The SMILES string of the molecule is O=C(Nc1cccc(C(F)(F)F)c1)c1ccc2ncoc2c1. The second kappa shape index (κ2) is 5.18. The zero-order valence-electron chi connectivity index (χ0n) is 11.0. The number of fused-ring (bicyclic) bond motifs is 1. The number of aromatic nitrogens is 1. The molecule has 0 aliphatic heterocycles. The highest BCUT2D eigenvalue weighted by atomic mass is 19.4. The zero-order chi connectivity index (χ0) is 15.7. The maximum Gasteiger partial charge on any atom is 0.416 e. The van der Waals surface area contributed by atoms with E-state index in [9.17, 15) is 18.0 Å². The van der Waals surface area contributed by atoms with Gasteiger partial charge in [0.1, 0.15) is 5.52 Å². The molecule has 0 radical (unpaired) electrons. The summed E-state index contributed by atoms with van der Waals surface area (Å²) in [5.41, 5.74) is 0.530. The van der Waals surface area contributed by atoms with Crippen molar-refractivity contribution >= 4 is 22.7 Å². The number of rotatable bonds is 2. The lowest BCUT2D eigenvalue weighted by molar-refractivity contribution is -0.137. The van der Waals surface area contributed by atoms with Crippen LogP contribution >= 0.6 is 0 Å². The number of carbonyl (C=O) groups excluding carboxylic acids is 1. The van der Waals surface area contributed by atoms with E-state index in [0.717, 1.165) is 12.1 Å². The van der Waals surface area contributed by atoms with Gasteiger partial charge in [0.2, 0.25) is 0 Å². The number of nitrogens with zero attached hydrogens (tertiary/aromatic N) is 1. The molecule has 0 aliphatic rings. The van der Waals surface area contributed by atoms with E-state index in [0.29, 0.717) is 11.1 Å². The first-order valence-corrected chi connectivity index (χ1v) is 6.25. The van der Waals surface area contributed by atoms with Gasteiger partial charge in [-0.3, -0.25) is 4.79 Å². The van der Waals surface area contributed by atoms with Gasteiger partial charge >= 0.3 is 6.18 Å². The molecule has 22 heavy (non-hydrogen) atoms. The fourth-order valence-electron chi connectivity index (χ4n) is 1.97. The number of oxazole rings is 1. The average molecular weight is 306 g/mol. The second-order valence-corrected chi connectivity index (χ2v) is 4.57. The van der Waals surface area contributed by atoms with E-state index in [2.05, 4.69) is 10.3 Å². The Kier molecular flexibility index (Phi) is 3.32. The minimum absolute atomic E-state index is 0.0671. The number of alkyl halides is 3. The van der Waals surface area contributed by atoms with Crippen LogP contribution in [0.3, 0.4) is 0 Å². The topological polar surface area (TPSA) is 55.1 Å². The molecule has 0 aliphatic carbocycles. The van der Waals surface area contributed by atoms with Crippen molar-refractivity contribution in [2.75, 3.05) is 5.32 Å². The van der Waals surface area contributed by atoms with E-state index in [1.54, 1.807) is 6.07 Å². The molecule has 3 rings (SSSR count). The summed E-state index contributed by atoms with van der Waals surface area (Å²) in [6.45, 7) is 0. The van der Waals surface area contributed by atoms with Crippen LogP contribution in [-0.4, -0.2) is 10.9 Å². The smallest absolute Gasteiger partial charge is 0.416 e. The van der Waals surface area contributed by atoms with Crippen molar-refractivity contribution in [1.82, 2.24) is 4.98 Å². The van der Waals surface area contributed by atoms with Crippen LogP contribution in [-0.2, 0) is 6.18 Å². The first-order chi connectivity index (χ1) is 10.4. The maximum atomic E-state index is 12.6. The lowest BCUT2D eigenvalue weighted by Gasteiger charge is -2.09. The Balaban J connectivity index is 1.84. The van der Waals surface area contributed by atoms with Crippen LogP contribution in [0, 0.1) is 0 Å². The Morgan fingerprint density at radius 1 is 1.14 bits per heavy atom. The Labute approximate surface area is 122 Å². The number of anilines is 1. The Morgan fingerprint density at radius 3 is 2.73 bits per heavy atom. The predicted molar refractivity (Wildman–Crippen MR) is 73.4 cm³/mol. The summed E-state index contributed by atoms with van der Waals surface area (Å²) in [7, 11) is 0. The molecule has 2 aromatic carbocycles. The number of benzene rings is 2. The number of hydrogen-bond donors (Lipinski definition) is 1. The van der Waals surface area contributed by atoms with Gasteiger partial charge in [-0.1, -0.05) is 6.07 Å². The predicted octanol–water partition coefficient (Wildman–Crippen LogP) is 4.10. The second-order valence-electron chi connectivity index (χ2n) is 4.57. The highest BCUT2D eigenvalue weighted by Gasteiger charge is 2.30. The molecule has 112 valence electrons. The van der Waals surface area contributed by atoms with E-state index >= 15 is 0 Å². The average Bonchev–Trinajstić information content (AvgIpc) is 2.94. The third-order valence-electron chi connectivity index (χ3n) is 3.04. The Morgan fingerprint density at radius 2 is 1.95 bits per heavy atom. The zero-order valence-corrected chi connectivity index (χ0v) is 11.0. The van der Waals surface area contributed by atoms with Crippen LogP contribution in [0.5, 0.6) is 0 Å². The van der Waals surface area contributed by atoms with Crippen molar-refractivity contribution in [3.63, 3.8) is 0 Å². The molecule has 0 fully saturated rings. The van der Waals surface area contributed by atoms with Crippen LogP contribution in [0.2, 0.25) is 0 Å². The van der Waals surface area contributed by atoms with Gasteiger partial charge in [-0.2, -0.15) is 13.2 Å². The number of amides is 1. The summed E-state index contributed by atoms with van der Waals surface area (Å²) in [6, 6.07) is 9.04. The molecule has 1 amide bonds. The number of halogens is 3. The Hall–Kier alpha value is -2.83. The van der Waals surface area contributed by atoms with Crippen molar-refractivity contribution in [3.05, 3.63) is 60.0 Å². The number of nitrogens with one attached hydrogen (secondary N) is 1.